The Bertz CT molecular complexity index is 678. The fourth-order valence-corrected chi connectivity index (χ4v) is 6.50. The molecule has 0 rings (SSSR count). The summed E-state index contributed by atoms with van der Waals surface area (Å²) in [7, 11) is 0. The lowest BCUT2D eigenvalue weighted by Crippen LogP contribution is -2.42. The molecule has 0 amide bonds. The number of allylic oxidation sites excluding steroid dienone is 4. The van der Waals surface area contributed by atoms with E-state index in [-0.39, 0.29) is 11.9 Å². The molecule has 0 saturated heterocycles. The Labute approximate surface area is 293 Å². The van der Waals surface area contributed by atoms with Crippen molar-refractivity contribution in [1.82, 2.24) is 0 Å². The van der Waals surface area contributed by atoms with Gasteiger partial charge in [-0.15, -0.1) is 0 Å². The molecule has 47 heavy (non-hydrogen) atoms. The summed E-state index contributed by atoms with van der Waals surface area (Å²) in [5, 5.41) is 0. The molecule has 0 aliphatic rings. The van der Waals surface area contributed by atoms with Crippen LogP contribution in [0.5, 0.6) is 0 Å². The van der Waals surface area contributed by atoms with E-state index in [1.807, 2.05) is 13.8 Å². The number of carbonyl (C=O) groups excluding carboxylic acids is 2. The maximum atomic E-state index is 13.2. The van der Waals surface area contributed by atoms with Crippen molar-refractivity contribution >= 4 is 11.9 Å². The topological polar surface area (TPSA) is 52.6 Å². The van der Waals surface area contributed by atoms with Gasteiger partial charge in [0, 0.05) is 0 Å². The van der Waals surface area contributed by atoms with Crippen LogP contribution in [0.1, 0.15) is 220 Å². The van der Waals surface area contributed by atoms with E-state index >= 15 is 0 Å². The van der Waals surface area contributed by atoms with E-state index < -0.39 is 5.41 Å². The van der Waals surface area contributed by atoms with Crippen LogP contribution in [0.3, 0.4) is 0 Å². The van der Waals surface area contributed by atoms with Crippen molar-refractivity contribution in [3.8, 4) is 0 Å². The van der Waals surface area contributed by atoms with Gasteiger partial charge in [-0.3, -0.25) is 9.59 Å². The number of hydrogen-bond acceptors (Lipinski definition) is 4. The van der Waals surface area contributed by atoms with E-state index in [4.69, 9.17) is 9.47 Å². The van der Waals surface area contributed by atoms with Crippen molar-refractivity contribution < 1.29 is 19.1 Å². The molecular weight excluding hydrogens is 580 g/mol. The van der Waals surface area contributed by atoms with Crippen molar-refractivity contribution in [2.24, 2.45) is 5.41 Å². The van der Waals surface area contributed by atoms with Crippen LogP contribution >= 0.6 is 0 Å². The minimum Gasteiger partial charge on any atom is -0.465 e. The molecule has 276 valence electrons. The first-order chi connectivity index (χ1) is 23.1. The fraction of sp³-hybridized carbons (Fsp3) is 0.860. The maximum absolute atomic E-state index is 13.2. The van der Waals surface area contributed by atoms with Gasteiger partial charge in [-0.1, -0.05) is 167 Å². The second-order valence-corrected chi connectivity index (χ2v) is 13.9. The largest absolute Gasteiger partial charge is 0.465 e. The van der Waals surface area contributed by atoms with Gasteiger partial charge in [0.1, 0.15) is 0 Å². The summed E-state index contributed by atoms with van der Waals surface area (Å²) in [5.74, 6) is -0.752. The molecule has 0 atom stereocenters. The first-order valence-corrected chi connectivity index (χ1v) is 20.7. The third-order valence-corrected chi connectivity index (χ3v) is 9.56. The Kier molecular flexibility index (Phi) is 34.5. The molecule has 4 nitrogen and oxygen atoms in total. The number of unbranched alkanes of at least 4 members (excludes halogenated alkanes) is 24. The fourth-order valence-electron chi connectivity index (χ4n) is 6.50. The molecule has 4 heteroatoms. The molecule has 0 radical (unpaired) electrons. The Morgan fingerprint density at radius 3 is 0.915 bits per heavy atom. The monoisotopic (exact) mass is 661 g/mol. The highest BCUT2D eigenvalue weighted by Gasteiger charge is 2.47. The van der Waals surface area contributed by atoms with Gasteiger partial charge >= 0.3 is 11.9 Å². The predicted molar refractivity (Wildman–Crippen MR) is 204 cm³/mol. The van der Waals surface area contributed by atoms with E-state index in [0.29, 0.717) is 26.1 Å². The smallest absolute Gasteiger partial charge is 0.323 e. The third kappa shape index (κ3) is 27.0. The van der Waals surface area contributed by atoms with E-state index in [0.717, 1.165) is 38.5 Å². The SMILES string of the molecule is CCCCCCCC/C=C\CCCCCCCCC(CCCCCCCC/C=C\CCCCCCCC)(C(=O)OCC)C(=O)OCC. The third-order valence-electron chi connectivity index (χ3n) is 9.56. The molecule has 0 fully saturated rings. The van der Waals surface area contributed by atoms with Gasteiger partial charge < -0.3 is 9.47 Å². The van der Waals surface area contributed by atoms with Gasteiger partial charge in [-0.2, -0.15) is 0 Å². The molecule has 0 aliphatic heterocycles. The quantitative estimate of drug-likeness (QED) is 0.0290. The van der Waals surface area contributed by atoms with Crippen molar-refractivity contribution in [3.63, 3.8) is 0 Å². The number of carbonyl (C=O) groups is 2. The van der Waals surface area contributed by atoms with Gasteiger partial charge in [-0.05, 0) is 78.1 Å². The van der Waals surface area contributed by atoms with E-state index in [1.54, 1.807) is 0 Å². The molecule has 0 bridgehead atoms. The number of esters is 2. The van der Waals surface area contributed by atoms with Gasteiger partial charge in [0.25, 0.3) is 0 Å². The molecule has 0 unspecified atom stereocenters. The molecule has 0 aromatic heterocycles. The summed E-state index contributed by atoms with van der Waals surface area (Å²) < 4.78 is 11.0. The summed E-state index contributed by atoms with van der Waals surface area (Å²) in [5.41, 5.74) is -1.15. The van der Waals surface area contributed by atoms with E-state index in [1.165, 1.54) is 141 Å². The molecule has 0 N–H and O–H groups in total. The maximum Gasteiger partial charge on any atom is 0.323 e. The molecule has 0 heterocycles. The lowest BCUT2D eigenvalue weighted by Gasteiger charge is -2.29. The molecule has 0 aromatic carbocycles. The average molecular weight is 661 g/mol. The Morgan fingerprint density at radius 1 is 0.383 bits per heavy atom. The summed E-state index contributed by atoms with van der Waals surface area (Å²) in [6.45, 7) is 8.77. The Balaban J connectivity index is 4.31. The number of hydrogen-bond donors (Lipinski definition) is 0. The first kappa shape index (κ1) is 45.4. The van der Waals surface area contributed by atoms with Gasteiger partial charge in [0.15, 0.2) is 5.41 Å². The molecular formula is C43H80O4. The molecule has 0 aromatic rings. The van der Waals surface area contributed by atoms with Crippen molar-refractivity contribution in [2.75, 3.05) is 13.2 Å². The van der Waals surface area contributed by atoms with Crippen LogP contribution in [0, 0.1) is 5.41 Å². The van der Waals surface area contributed by atoms with Crippen LogP contribution < -0.4 is 0 Å². The number of ether oxygens (including phenoxy) is 2. The van der Waals surface area contributed by atoms with Crippen LogP contribution in [-0.2, 0) is 19.1 Å². The van der Waals surface area contributed by atoms with Crippen molar-refractivity contribution in [3.05, 3.63) is 24.3 Å². The van der Waals surface area contributed by atoms with Crippen LogP contribution in [0.15, 0.2) is 24.3 Å². The summed E-state index contributed by atoms with van der Waals surface area (Å²) in [4.78, 5) is 26.5. The zero-order valence-electron chi connectivity index (χ0n) is 32.1. The second kappa shape index (κ2) is 35.7. The van der Waals surface area contributed by atoms with Crippen molar-refractivity contribution in [2.45, 2.75) is 220 Å². The predicted octanol–water partition coefficient (Wildman–Crippen LogP) is 14.0. The van der Waals surface area contributed by atoms with Gasteiger partial charge in [0.2, 0.25) is 0 Å². The lowest BCUT2D eigenvalue weighted by atomic mass is 9.77. The van der Waals surface area contributed by atoms with E-state index in [9.17, 15) is 9.59 Å². The van der Waals surface area contributed by atoms with Crippen LogP contribution in [0.4, 0.5) is 0 Å². The highest BCUT2D eigenvalue weighted by molar-refractivity contribution is 6.00. The zero-order chi connectivity index (χ0) is 34.5. The standard InChI is InChI=1S/C43H80O4/c1-5-9-11-13-15-17-19-21-23-25-27-29-31-33-35-37-39-43(41(44)46-7-3,42(45)47-8-4)40-38-36-34-32-30-28-26-24-22-20-18-16-14-12-10-6-2/h21-24H,5-20,25-40H2,1-4H3/b23-21-,24-22-. The van der Waals surface area contributed by atoms with Crippen LogP contribution in [0.25, 0.3) is 0 Å². The van der Waals surface area contributed by atoms with Gasteiger partial charge in [0.05, 0.1) is 13.2 Å². The summed E-state index contributed by atoms with van der Waals surface area (Å²) in [6, 6.07) is 0. The summed E-state index contributed by atoms with van der Waals surface area (Å²) in [6.07, 6.45) is 45.3. The molecule has 0 saturated carbocycles. The van der Waals surface area contributed by atoms with Crippen LogP contribution in [0.2, 0.25) is 0 Å². The van der Waals surface area contributed by atoms with E-state index in [2.05, 4.69) is 38.2 Å². The average Bonchev–Trinajstić information content (AvgIpc) is 3.07. The van der Waals surface area contributed by atoms with Crippen molar-refractivity contribution in [1.29, 1.82) is 0 Å². The normalized spacial score (nSPS) is 12.0. The number of rotatable bonds is 36. The molecule has 0 aliphatic carbocycles. The van der Waals surface area contributed by atoms with Crippen LogP contribution in [-0.4, -0.2) is 25.2 Å². The first-order valence-electron chi connectivity index (χ1n) is 20.7. The highest BCUT2D eigenvalue weighted by Crippen LogP contribution is 2.35. The summed E-state index contributed by atoms with van der Waals surface area (Å²) >= 11 is 0. The minimum absolute atomic E-state index is 0.292. The molecule has 0 spiro atoms. The highest BCUT2D eigenvalue weighted by atomic mass is 16.6. The Morgan fingerprint density at radius 2 is 0.638 bits per heavy atom. The Hall–Kier alpha value is -1.58. The van der Waals surface area contributed by atoms with Gasteiger partial charge in [-0.25, -0.2) is 0 Å². The lowest BCUT2D eigenvalue weighted by molar-refractivity contribution is -0.173. The second-order valence-electron chi connectivity index (χ2n) is 13.9. The minimum atomic E-state index is -1.15. The zero-order valence-corrected chi connectivity index (χ0v) is 32.1.